The van der Waals surface area contributed by atoms with E-state index in [4.69, 9.17) is 30.2 Å². The minimum atomic E-state index is -2.86. The standard InChI is InChI=1S/C36H43ClN4O6Si/c1-35(2,3)48(24-16-8-6-9-17-24,25-18-10-7-11-19-25)44-22-27-28-29(47-36(4,5)46-28)32(45-27)40-21-20-26-30(40)38-33(37)39-31(26)41(34(42)43)23-14-12-13-15-23/h6-11,16-21,23,27-29,32H,12-15,22H2,1-5H3,(H,42,43)/t27-,28-,29-,32-/m1/s1. The van der Waals surface area contributed by atoms with Crippen LogP contribution in [0.5, 0.6) is 0 Å². The number of nitrogens with zero attached hydrogens (tertiary/aromatic N) is 4. The minimum absolute atomic E-state index is 0.0354. The summed E-state index contributed by atoms with van der Waals surface area (Å²) in [4.78, 5) is 22.9. The molecule has 12 heteroatoms. The Morgan fingerprint density at radius 2 is 1.60 bits per heavy atom. The highest BCUT2D eigenvalue weighted by molar-refractivity contribution is 6.99. The zero-order valence-electron chi connectivity index (χ0n) is 28.0. The first kappa shape index (κ1) is 33.2. The van der Waals surface area contributed by atoms with Crippen molar-refractivity contribution >= 4 is 53.2 Å². The molecule has 2 aromatic heterocycles. The number of aromatic nitrogens is 3. The molecule has 7 rings (SSSR count). The van der Waals surface area contributed by atoms with E-state index in [0.717, 1.165) is 25.7 Å². The summed E-state index contributed by atoms with van der Waals surface area (Å²) >= 11 is 6.49. The van der Waals surface area contributed by atoms with Crippen molar-refractivity contribution in [1.82, 2.24) is 14.5 Å². The van der Waals surface area contributed by atoms with Crippen molar-refractivity contribution in [1.29, 1.82) is 0 Å². The number of amides is 1. The van der Waals surface area contributed by atoms with Crippen LogP contribution in [0.4, 0.5) is 10.6 Å². The Morgan fingerprint density at radius 3 is 2.19 bits per heavy atom. The SMILES string of the molecule is CC1(C)O[C@@H]2[C@H](O1)[C@@H](CO[Si](c1ccccc1)(c1ccccc1)C(C)(C)C)O[C@H]2n1ccc2c(N(C(=O)O)C3CCCC3)nc(Cl)nc21. The average molecular weight is 691 g/mol. The summed E-state index contributed by atoms with van der Waals surface area (Å²) in [6.45, 7) is 10.8. The molecular weight excluding hydrogens is 648 g/mol. The zero-order chi connectivity index (χ0) is 33.8. The third kappa shape index (κ3) is 5.74. The predicted molar refractivity (Wildman–Crippen MR) is 187 cm³/mol. The van der Waals surface area contributed by atoms with Gasteiger partial charge in [-0.2, -0.15) is 9.97 Å². The number of anilines is 1. The second kappa shape index (κ2) is 12.5. The molecule has 1 amide bonds. The Balaban J connectivity index is 1.26. The Labute approximate surface area is 287 Å². The van der Waals surface area contributed by atoms with Gasteiger partial charge in [-0.05, 0) is 59.8 Å². The molecule has 10 nitrogen and oxygen atoms in total. The molecule has 2 aliphatic heterocycles. The van der Waals surface area contributed by atoms with Crippen LogP contribution in [0.3, 0.4) is 0 Å². The quantitative estimate of drug-likeness (QED) is 0.165. The van der Waals surface area contributed by atoms with Crippen molar-refractivity contribution in [3.63, 3.8) is 0 Å². The van der Waals surface area contributed by atoms with Crippen LogP contribution in [0.2, 0.25) is 10.3 Å². The summed E-state index contributed by atoms with van der Waals surface area (Å²) in [5, 5.41) is 13.0. The van der Waals surface area contributed by atoms with Crippen LogP contribution >= 0.6 is 11.6 Å². The fourth-order valence-electron chi connectivity index (χ4n) is 7.95. The first-order chi connectivity index (χ1) is 22.9. The lowest BCUT2D eigenvalue weighted by atomic mass is 10.1. The molecule has 2 saturated heterocycles. The largest absolute Gasteiger partial charge is 0.465 e. The molecule has 1 aliphatic carbocycles. The monoisotopic (exact) mass is 690 g/mol. The molecule has 1 N–H and O–H groups in total. The maximum absolute atomic E-state index is 12.5. The van der Waals surface area contributed by atoms with Crippen molar-refractivity contribution < 1.29 is 28.5 Å². The zero-order valence-corrected chi connectivity index (χ0v) is 29.8. The van der Waals surface area contributed by atoms with Gasteiger partial charge in [-0.25, -0.2) is 4.79 Å². The van der Waals surface area contributed by atoms with Crippen LogP contribution in [0, 0.1) is 0 Å². The van der Waals surface area contributed by atoms with E-state index in [-0.39, 0.29) is 28.8 Å². The van der Waals surface area contributed by atoms with Gasteiger partial charge < -0.3 is 28.3 Å². The maximum Gasteiger partial charge on any atom is 0.413 e. The highest BCUT2D eigenvalue weighted by Crippen LogP contribution is 2.46. The van der Waals surface area contributed by atoms with Crippen molar-refractivity contribution in [2.45, 2.75) is 102 Å². The van der Waals surface area contributed by atoms with Gasteiger partial charge in [-0.3, -0.25) is 4.90 Å². The van der Waals surface area contributed by atoms with E-state index in [1.807, 2.05) is 42.8 Å². The van der Waals surface area contributed by atoms with Gasteiger partial charge >= 0.3 is 6.09 Å². The molecule has 0 bridgehead atoms. The molecule has 48 heavy (non-hydrogen) atoms. The van der Waals surface area contributed by atoms with Crippen LogP contribution in [-0.4, -0.2) is 70.8 Å². The summed E-state index contributed by atoms with van der Waals surface area (Å²) in [5.41, 5.74) is 0.472. The molecule has 3 fully saturated rings. The highest BCUT2D eigenvalue weighted by Gasteiger charge is 2.58. The molecule has 1 saturated carbocycles. The van der Waals surface area contributed by atoms with Crippen LogP contribution in [0.15, 0.2) is 72.9 Å². The lowest BCUT2D eigenvalue weighted by molar-refractivity contribution is -0.199. The van der Waals surface area contributed by atoms with Gasteiger partial charge in [0.15, 0.2) is 17.8 Å². The van der Waals surface area contributed by atoms with Gasteiger partial charge in [0.25, 0.3) is 8.32 Å². The highest BCUT2D eigenvalue weighted by atomic mass is 35.5. The Morgan fingerprint density at radius 1 is 1.00 bits per heavy atom. The summed E-state index contributed by atoms with van der Waals surface area (Å²) in [7, 11) is -2.86. The van der Waals surface area contributed by atoms with E-state index in [9.17, 15) is 9.90 Å². The van der Waals surface area contributed by atoms with E-state index in [1.54, 1.807) is 0 Å². The number of fused-ring (bicyclic) bond motifs is 2. The summed E-state index contributed by atoms with van der Waals surface area (Å²) < 4.78 is 29.0. The first-order valence-corrected chi connectivity index (χ1v) is 19.0. The molecular formula is C36H43ClN4O6Si. The number of benzene rings is 2. The molecule has 4 aromatic rings. The van der Waals surface area contributed by atoms with Crippen LogP contribution in [0.25, 0.3) is 11.0 Å². The van der Waals surface area contributed by atoms with E-state index in [2.05, 4.69) is 79.3 Å². The van der Waals surface area contributed by atoms with Crippen LogP contribution in [0.1, 0.15) is 66.5 Å². The summed E-state index contributed by atoms with van der Waals surface area (Å²) in [6, 6.07) is 22.7. The van der Waals surface area contributed by atoms with Crippen molar-refractivity contribution in [3.8, 4) is 0 Å². The normalized spacial score (nSPS) is 24.3. The minimum Gasteiger partial charge on any atom is -0.465 e. The molecule has 0 spiro atoms. The maximum atomic E-state index is 12.5. The smallest absolute Gasteiger partial charge is 0.413 e. The molecule has 4 heterocycles. The van der Waals surface area contributed by atoms with Gasteiger partial charge in [0.1, 0.15) is 24.0 Å². The average Bonchev–Trinajstić information content (AvgIpc) is 3.83. The van der Waals surface area contributed by atoms with Gasteiger partial charge in [-0.1, -0.05) is 94.3 Å². The Hall–Kier alpha value is -3.32. The number of rotatable bonds is 8. The predicted octanol–water partition coefficient (Wildman–Crippen LogP) is 6.51. The topological polar surface area (TPSA) is 108 Å². The number of hydrogen-bond donors (Lipinski definition) is 1. The van der Waals surface area contributed by atoms with E-state index in [1.165, 1.54) is 15.3 Å². The van der Waals surface area contributed by atoms with E-state index < -0.39 is 44.7 Å². The van der Waals surface area contributed by atoms with E-state index >= 15 is 0 Å². The van der Waals surface area contributed by atoms with Crippen molar-refractivity contribution in [2.24, 2.45) is 0 Å². The van der Waals surface area contributed by atoms with Gasteiger partial charge in [-0.15, -0.1) is 0 Å². The Bertz CT molecular complexity index is 1740. The van der Waals surface area contributed by atoms with Crippen LogP contribution in [-0.2, 0) is 18.6 Å². The lowest BCUT2D eigenvalue weighted by Crippen LogP contribution is -2.67. The van der Waals surface area contributed by atoms with Crippen molar-refractivity contribution in [3.05, 3.63) is 78.2 Å². The Kier molecular flexibility index (Phi) is 8.66. The fraction of sp³-hybridized carbons (Fsp3) is 0.472. The summed E-state index contributed by atoms with van der Waals surface area (Å²) in [6.07, 6.45) is 2.28. The van der Waals surface area contributed by atoms with Gasteiger partial charge in [0.2, 0.25) is 5.28 Å². The third-order valence-corrected chi connectivity index (χ3v) is 15.1. The van der Waals surface area contributed by atoms with Gasteiger partial charge in [0.05, 0.1) is 12.0 Å². The molecule has 3 aliphatic rings. The summed E-state index contributed by atoms with van der Waals surface area (Å²) in [5.74, 6) is -0.565. The van der Waals surface area contributed by atoms with Crippen LogP contribution < -0.4 is 15.3 Å². The second-order valence-electron chi connectivity index (χ2n) is 14.5. The molecule has 4 atom stereocenters. The first-order valence-electron chi connectivity index (χ1n) is 16.7. The number of carbonyl (C=O) groups is 1. The van der Waals surface area contributed by atoms with Gasteiger partial charge in [0, 0.05) is 12.2 Å². The number of hydrogen-bond acceptors (Lipinski definition) is 7. The molecule has 0 unspecified atom stereocenters. The lowest BCUT2D eigenvalue weighted by Gasteiger charge is -2.43. The number of carboxylic acid groups (broad SMARTS) is 1. The fourth-order valence-corrected chi connectivity index (χ4v) is 12.7. The van der Waals surface area contributed by atoms with Crippen molar-refractivity contribution in [2.75, 3.05) is 11.5 Å². The van der Waals surface area contributed by atoms with E-state index in [0.29, 0.717) is 11.0 Å². The number of halogens is 1. The third-order valence-electron chi connectivity index (χ3n) is 9.93. The second-order valence-corrected chi connectivity index (χ2v) is 19.1. The number of ether oxygens (including phenoxy) is 3. The molecule has 2 aromatic carbocycles. The molecule has 254 valence electrons. The molecule has 0 radical (unpaired) electrons.